The Morgan fingerprint density at radius 2 is 2.38 bits per heavy atom. The number of hydrogen-bond donors (Lipinski definition) is 1. The van der Waals surface area contributed by atoms with Gasteiger partial charge in [-0.15, -0.1) is 0 Å². The zero-order chi connectivity index (χ0) is 11.8. The van der Waals surface area contributed by atoms with E-state index in [0.717, 1.165) is 6.42 Å². The molecular weight excluding hydrogens is 230 g/mol. The molecule has 0 aliphatic carbocycles. The molecular formula is C9H15N3O3S. The van der Waals surface area contributed by atoms with Crippen LogP contribution in [0.2, 0.25) is 0 Å². The summed E-state index contributed by atoms with van der Waals surface area (Å²) >= 11 is 0. The van der Waals surface area contributed by atoms with Crippen LogP contribution < -0.4 is 0 Å². The van der Waals surface area contributed by atoms with E-state index >= 15 is 0 Å². The lowest BCUT2D eigenvalue weighted by Gasteiger charge is -2.22. The first-order valence-corrected chi connectivity index (χ1v) is 6.62. The monoisotopic (exact) mass is 245 g/mol. The third-order valence-electron chi connectivity index (χ3n) is 2.88. The number of hydrogen-bond acceptors (Lipinski definition) is 4. The van der Waals surface area contributed by atoms with Crippen LogP contribution in [-0.4, -0.2) is 46.8 Å². The molecule has 2 heterocycles. The highest BCUT2D eigenvalue weighted by atomic mass is 32.2. The molecule has 0 amide bonds. The van der Waals surface area contributed by atoms with E-state index in [1.807, 2.05) is 0 Å². The molecule has 0 bridgehead atoms. The Morgan fingerprint density at radius 3 is 2.94 bits per heavy atom. The van der Waals surface area contributed by atoms with Crippen LogP contribution in [0.15, 0.2) is 17.3 Å². The van der Waals surface area contributed by atoms with Crippen molar-refractivity contribution in [2.75, 3.05) is 13.2 Å². The van der Waals surface area contributed by atoms with Crippen LogP contribution in [0.25, 0.3) is 0 Å². The fourth-order valence-electron chi connectivity index (χ4n) is 2.04. The van der Waals surface area contributed by atoms with Crippen LogP contribution in [0.5, 0.6) is 0 Å². The highest BCUT2D eigenvalue weighted by molar-refractivity contribution is 7.89. The van der Waals surface area contributed by atoms with Crippen LogP contribution in [-0.2, 0) is 17.1 Å². The van der Waals surface area contributed by atoms with Gasteiger partial charge in [-0.3, -0.25) is 4.68 Å². The molecule has 16 heavy (non-hydrogen) atoms. The normalized spacial score (nSPS) is 22.8. The number of aliphatic hydroxyl groups excluding tert-OH is 1. The Hall–Kier alpha value is -0.920. The van der Waals surface area contributed by atoms with E-state index < -0.39 is 10.0 Å². The van der Waals surface area contributed by atoms with Gasteiger partial charge in [0.05, 0.1) is 12.8 Å². The van der Waals surface area contributed by atoms with Crippen molar-refractivity contribution in [3.63, 3.8) is 0 Å². The second-order valence-electron chi connectivity index (χ2n) is 3.89. The molecule has 6 nitrogen and oxygen atoms in total. The summed E-state index contributed by atoms with van der Waals surface area (Å²) in [7, 11) is -1.92. The fraction of sp³-hybridized carbons (Fsp3) is 0.667. The molecule has 1 aliphatic rings. The second-order valence-corrected chi connectivity index (χ2v) is 5.72. The number of rotatable bonds is 3. The van der Waals surface area contributed by atoms with E-state index in [9.17, 15) is 8.42 Å². The van der Waals surface area contributed by atoms with Crippen LogP contribution in [0.3, 0.4) is 0 Å². The SMILES string of the molecule is Cn1nccc1S(=O)(=O)N1CCCC1CO. The van der Waals surface area contributed by atoms with Crippen molar-refractivity contribution in [2.45, 2.75) is 23.9 Å². The molecule has 1 aromatic heterocycles. The molecule has 1 aliphatic heterocycles. The molecule has 0 spiro atoms. The summed E-state index contributed by atoms with van der Waals surface area (Å²) in [6.07, 6.45) is 2.97. The summed E-state index contributed by atoms with van der Waals surface area (Å²) in [6, 6.07) is 1.18. The van der Waals surface area contributed by atoms with Crippen molar-refractivity contribution >= 4 is 10.0 Å². The zero-order valence-corrected chi connectivity index (χ0v) is 9.89. The Bertz CT molecular complexity index is 468. The molecule has 1 unspecified atom stereocenters. The molecule has 90 valence electrons. The first-order chi connectivity index (χ1) is 7.57. The zero-order valence-electron chi connectivity index (χ0n) is 9.07. The minimum absolute atomic E-state index is 0.128. The number of sulfonamides is 1. The molecule has 0 radical (unpaired) electrons. The van der Waals surface area contributed by atoms with E-state index in [-0.39, 0.29) is 17.7 Å². The van der Waals surface area contributed by atoms with E-state index in [1.165, 1.54) is 21.3 Å². The minimum atomic E-state index is -3.51. The molecule has 0 aromatic carbocycles. The van der Waals surface area contributed by atoms with Gasteiger partial charge in [-0.1, -0.05) is 0 Å². The Morgan fingerprint density at radius 1 is 1.62 bits per heavy atom. The maximum absolute atomic E-state index is 12.2. The smallest absolute Gasteiger partial charge is 0.260 e. The first kappa shape index (κ1) is 11.6. The van der Waals surface area contributed by atoms with Gasteiger partial charge in [0.2, 0.25) is 0 Å². The predicted molar refractivity (Wildman–Crippen MR) is 57.2 cm³/mol. The van der Waals surface area contributed by atoms with Gasteiger partial charge in [0.15, 0.2) is 5.03 Å². The van der Waals surface area contributed by atoms with Crippen LogP contribution in [0.4, 0.5) is 0 Å². The lowest BCUT2D eigenvalue weighted by atomic mass is 10.2. The van der Waals surface area contributed by atoms with Crippen molar-refractivity contribution in [1.29, 1.82) is 0 Å². The third kappa shape index (κ3) is 1.74. The highest BCUT2D eigenvalue weighted by Gasteiger charge is 2.36. The minimum Gasteiger partial charge on any atom is -0.395 e. The van der Waals surface area contributed by atoms with Crippen LogP contribution >= 0.6 is 0 Å². The number of aryl methyl sites for hydroxylation is 1. The molecule has 1 aromatic rings. The van der Waals surface area contributed by atoms with Crippen molar-refractivity contribution in [1.82, 2.24) is 14.1 Å². The van der Waals surface area contributed by atoms with Gasteiger partial charge in [0, 0.05) is 19.6 Å². The molecule has 7 heteroatoms. The average Bonchev–Trinajstić information content (AvgIpc) is 2.85. The van der Waals surface area contributed by atoms with Crippen molar-refractivity contribution in [2.24, 2.45) is 7.05 Å². The first-order valence-electron chi connectivity index (χ1n) is 5.18. The number of nitrogens with zero attached hydrogens (tertiary/aromatic N) is 3. The second kappa shape index (κ2) is 4.15. The molecule has 1 atom stereocenters. The summed E-state index contributed by atoms with van der Waals surface area (Å²) < 4.78 is 27.2. The topological polar surface area (TPSA) is 75.4 Å². The van der Waals surface area contributed by atoms with Gasteiger partial charge in [0.25, 0.3) is 10.0 Å². The van der Waals surface area contributed by atoms with Gasteiger partial charge in [-0.05, 0) is 18.9 Å². The van der Waals surface area contributed by atoms with Crippen molar-refractivity contribution in [3.8, 4) is 0 Å². The highest BCUT2D eigenvalue weighted by Crippen LogP contribution is 2.25. The number of aliphatic hydroxyl groups is 1. The molecule has 1 saturated heterocycles. The lowest BCUT2D eigenvalue weighted by molar-refractivity contribution is 0.213. The van der Waals surface area contributed by atoms with Crippen LogP contribution in [0, 0.1) is 0 Å². The molecule has 1 fully saturated rings. The Labute approximate surface area is 94.5 Å². The quantitative estimate of drug-likeness (QED) is 0.783. The summed E-state index contributed by atoms with van der Waals surface area (Å²) in [4.78, 5) is 0. The lowest BCUT2D eigenvalue weighted by Crippen LogP contribution is -2.38. The van der Waals surface area contributed by atoms with Gasteiger partial charge in [-0.2, -0.15) is 9.40 Å². The molecule has 2 rings (SSSR count). The summed E-state index contributed by atoms with van der Waals surface area (Å²) in [6.45, 7) is 0.343. The molecule has 0 saturated carbocycles. The Kier molecular flexibility index (Phi) is 3.00. The van der Waals surface area contributed by atoms with Gasteiger partial charge < -0.3 is 5.11 Å². The Balaban J connectivity index is 2.36. The summed E-state index contributed by atoms with van der Waals surface area (Å²) in [5, 5.41) is 13.2. The van der Waals surface area contributed by atoms with E-state index in [4.69, 9.17) is 5.11 Å². The maximum Gasteiger partial charge on any atom is 0.260 e. The largest absolute Gasteiger partial charge is 0.395 e. The van der Waals surface area contributed by atoms with Gasteiger partial charge in [-0.25, -0.2) is 8.42 Å². The van der Waals surface area contributed by atoms with Crippen LogP contribution in [0.1, 0.15) is 12.8 Å². The van der Waals surface area contributed by atoms with Crippen molar-refractivity contribution in [3.05, 3.63) is 12.3 Å². The maximum atomic E-state index is 12.2. The predicted octanol–water partition coefficient (Wildman–Crippen LogP) is -0.435. The van der Waals surface area contributed by atoms with E-state index in [0.29, 0.717) is 13.0 Å². The number of aromatic nitrogens is 2. The average molecular weight is 245 g/mol. The third-order valence-corrected chi connectivity index (χ3v) is 4.91. The fourth-order valence-corrected chi connectivity index (χ4v) is 3.83. The van der Waals surface area contributed by atoms with E-state index in [2.05, 4.69) is 5.10 Å². The van der Waals surface area contributed by atoms with E-state index in [1.54, 1.807) is 7.05 Å². The van der Waals surface area contributed by atoms with Crippen molar-refractivity contribution < 1.29 is 13.5 Å². The van der Waals surface area contributed by atoms with Gasteiger partial charge >= 0.3 is 0 Å². The summed E-state index contributed by atoms with van der Waals surface area (Å²) in [5.74, 6) is 0. The van der Waals surface area contributed by atoms with Gasteiger partial charge in [0.1, 0.15) is 0 Å². The standard InChI is InChI=1S/C9H15N3O3S/c1-11-9(4-5-10-11)16(14,15)12-6-2-3-8(12)7-13/h4-5,8,13H,2-3,6-7H2,1H3. The molecule has 1 N–H and O–H groups in total. The summed E-state index contributed by atoms with van der Waals surface area (Å²) in [5.41, 5.74) is 0.